The van der Waals surface area contributed by atoms with Crippen molar-refractivity contribution in [2.24, 2.45) is 0 Å². The molecule has 1 aromatic rings. The molecule has 1 saturated carbocycles. The fourth-order valence-corrected chi connectivity index (χ4v) is 2.54. The van der Waals surface area contributed by atoms with E-state index in [2.05, 4.69) is 5.32 Å². The van der Waals surface area contributed by atoms with E-state index in [4.69, 9.17) is 5.11 Å². The van der Waals surface area contributed by atoms with Gasteiger partial charge in [0.1, 0.15) is 0 Å². The van der Waals surface area contributed by atoms with E-state index in [-0.39, 0.29) is 24.4 Å². The standard InChI is InChI=1S/C16H23N3O4/c1-2-12-5-6-13(11-15(12)19(22)23)17-16(21)18(14-7-8-14)9-3-4-10-20/h5-6,11,14,20H,2-4,7-10H2,1H3,(H,17,21). The maximum Gasteiger partial charge on any atom is 0.322 e. The third kappa shape index (κ3) is 4.66. The Hall–Kier alpha value is -2.15. The molecule has 2 rings (SSSR count). The predicted octanol–water partition coefficient (Wildman–Crippen LogP) is 2.93. The zero-order valence-corrected chi connectivity index (χ0v) is 13.3. The van der Waals surface area contributed by atoms with Gasteiger partial charge in [-0.05, 0) is 38.2 Å². The van der Waals surface area contributed by atoms with Crippen molar-refractivity contribution >= 4 is 17.4 Å². The maximum absolute atomic E-state index is 12.4. The molecule has 1 aliphatic carbocycles. The zero-order valence-electron chi connectivity index (χ0n) is 13.3. The third-order valence-electron chi connectivity index (χ3n) is 3.97. The molecule has 2 amide bonds. The van der Waals surface area contributed by atoms with Crippen molar-refractivity contribution in [1.29, 1.82) is 0 Å². The molecule has 0 aromatic heterocycles. The summed E-state index contributed by atoms with van der Waals surface area (Å²) in [6.07, 6.45) is 3.95. The first kappa shape index (κ1) is 17.2. The fraction of sp³-hybridized carbons (Fsp3) is 0.562. The van der Waals surface area contributed by atoms with Crippen LogP contribution in [0.25, 0.3) is 0 Å². The van der Waals surface area contributed by atoms with Crippen molar-refractivity contribution < 1.29 is 14.8 Å². The van der Waals surface area contributed by atoms with E-state index in [1.807, 2.05) is 6.92 Å². The van der Waals surface area contributed by atoms with Crippen LogP contribution in [0.5, 0.6) is 0 Å². The van der Waals surface area contributed by atoms with Crippen LogP contribution in [0.2, 0.25) is 0 Å². The summed E-state index contributed by atoms with van der Waals surface area (Å²) in [6.45, 7) is 2.56. The Morgan fingerprint density at radius 1 is 1.43 bits per heavy atom. The van der Waals surface area contributed by atoms with Crippen LogP contribution in [-0.2, 0) is 6.42 Å². The van der Waals surface area contributed by atoms with Gasteiger partial charge in [0.25, 0.3) is 5.69 Å². The Bertz CT molecular complexity index is 572. The van der Waals surface area contributed by atoms with Crippen molar-refractivity contribution in [3.63, 3.8) is 0 Å². The average molecular weight is 321 g/mol. The van der Waals surface area contributed by atoms with E-state index in [0.717, 1.165) is 19.3 Å². The summed E-state index contributed by atoms with van der Waals surface area (Å²) in [5.74, 6) is 0. The third-order valence-corrected chi connectivity index (χ3v) is 3.97. The number of carbonyl (C=O) groups is 1. The number of rotatable bonds is 8. The summed E-state index contributed by atoms with van der Waals surface area (Å²) in [7, 11) is 0. The summed E-state index contributed by atoms with van der Waals surface area (Å²) in [5.41, 5.74) is 1.12. The molecule has 7 nitrogen and oxygen atoms in total. The van der Waals surface area contributed by atoms with Crippen LogP contribution in [0.1, 0.15) is 38.2 Å². The first-order valence-electron chi connectivity index (χ1n) is 8.02. The predicted molar refractivity (Wildman–Crippen MR) is 87.5 cm³/mol. The van der Waals surface area contributed by atoms with Gasteiger partial charge in [0.2, 0.25) is 0 Å². The number of nitro groups is 1. The van der Waals surface area contributed by atoms with Gasteiger partial charge >= 0.3 is 6.03 Å². The first-order valence-corrected chi connectivity index (χ1v) is 8.02. The van der Waals surface area contributed by atoms with Crippen molar-refractivity contribution in [1.82, 2.24) is 4.90 Å². The zero-order chi connectivity index (χ0) is 16.8. The minimum atomic E-state index is -0.422. The Morgan fingerprint density at radius 2 is 2.17 bits per heavy atom. The number of unbranched alkanes of at least 4 members (excludes halogenated alkanes) is 1. The second-order valence-corrected chi connectivity index (χ2v) is 5.74. The highest BCUT2D eigenvalue weighted by molar-refractivity contribution is 5.90. The average Bonchev–Trinajstić information content (AvgIpc) is 3.36. The lowest BCUT2D eigenvalue weighted by Gasteiger charge is -2.22. The van der Waals surface area contributed by atoms with Crippen molar-refractivity contribution in [3.8, 4) is 0 Å². The molecule has 1 aromatic carbocycles. The smallest absolute Gasteiger partial charge is 0.322 e. The second-order valence-electron chi connectivity index (χ2n) is 5.74. The van der Waals surface area contributed by atoms with E-state index in [9.17, 15) is 14.9 Å². The van der Waals surface area contributed by atoms with Crippen LogP contribution in [0.4, 0.5) is 16.2 Å². The van der Waals surface area contributed by atoms with E-state index in [1.54, 1.807) is 17.0 Å². The molecule has 23 heavy (non-hydrogen) atoms. The second kappa shape index (κ2) is 7.92. The quantitative estimate of drug-likeness (QED) is 0.437. The number of benzene rings is 1. The minimum Gasteiger partial charge on any atom is -0.396 e. The Morgan fingerprint density at radius 3 is 2.74 bits per heavy atom. The molecular formula is C16H23N3O4. The van der Waals surface area contributed by atoms with Crippen molar-refractivity contribution in [3.05, 3.63) is 33.9 Å². The highest BCUT2D eigenvalue weighted by atomic mass is 16.6. The number of aliphatic hydroxyl groups excluding tert-OH is 1. The lowest BCUT2D eigenvalue weighted by atomic mass is 10.1. The van der Waals surface area contributed by atoms with Gasteiger partial charge < -0.3 is 15.3 Å². The van der Waals surface area contributed by atoms with Gasteiger partial charge in [0.05, 0.1) is 4.92 Å². The highest BCUT2D eigenvalue weighted by Crippen LogP contribution is 2.29. The molecular weight excluding hydrogens is 298 g/mol. The van der Waals surface area contributed by atoms with E-state index < -0.39 is 4.92 Å². The largest absolute Gasteiger partial charge is 0.396 e. The van der Waals surface area contributed by atoms with Gasteiger partial charge in [-0.1, -0.05) is 13.0 Å². The molecule has 0 radical (unpaired) electrons. The molecule has 0 saturated heterocycles. The van der Waals surface area contributed by atoms with Crippen LogP contribution in [0.15, 0.2) is 18.2 Å². The van der Waals surface area contributed by atoms with Crippen LogP contribution in [0, 0.1) is 10.1 Å². The number of urea groups is 1. The molecule has 0 atom stereocenters. The monoisotopic (exact) mass is 321 g/mol. The lowest BCUT2D eigenvalue weighted by molar-refractivity contribution is -0.385. The summed E-state index contributed by atoms with van der Waals surface area (Å²) in [6, 6.07) is 4.81. The van der Waals surface area contributed by atoms with Crippen LogP contribution in [-0.4, -0.2) is 40.2 Å². The van der Waals surface area contributed by atoms with E-state index in [0.29, 0.717) is 30.6 Å². The number of amides is 2. The first-order chi connectivity index (χ1) is 11.1. The molecule has 0 heterocycles. The molecule has 2 N–H and O–H groups in total. The van der Waals surface area contributed by atoms with Gasteiger partial charge in [-0.15, -0.1) is 0 Å². The molecule has 0 bridgehead atoms. The molecule has 7 heteroatoms. The van der Waals surface area contributed by atoms with Gasteiger partial charge in [0.15, 0.2) is 0 Å². The Balaban J connectivity index is 2.05. The van der Waals surface area contributed by atoms with Gasteiger partial charge in [0, 0.05) is 36.5 Å². The number of anilines is 1. The number of hydrogen-bond acceptors (Lipinski definition) is 4. The summed E-state index contributed by atoms with van der Waals surface area (Å²) < 4.78 is 0. The molecule has 1 fully saturated rings. The topological polar surface area (TPSA) is 95.7 Å². The SMILES string of the molecule is CCc1ccc(NC(=O)N(CCCCO)C2CC2)cc1[N+](=O)[O-]. The number of aryl methyl sites for hydroxylation is 1. The molecule has 0 spiro atoms. The normalized spacial score (nSPS) is 13.7. The van der Waals surface area contributed by atoms with Crippen LogP contribution < -0.4 is 5.32 Å². The molecule has 1 aliphatic rings. The number of nitrogens with zero attached hydrogens (tertiary/aromatic N) is 2. The number of nitro benzene ring substituents is 1. The minimum absolute atomic E-state index is 0.0311. The van der Waals surface area contributed by atoms with Gasteiger partial charge in [-0.3, -0.25) is 10.1 Å². The Kier molecular flexibility index (Phi) is 5.92. The van der Waals surface area contributed by atoms with Gasteiger partial charge in [-0.2, -0.15) is 0 Å². The lowest BCUT2D eigenvalue weighted by Crippen LogP contribution is -2.37. The van der Waals surface area contributed by atoms with Gasteiger partial charge in [-0.25, -0.2) is 4.79 Å². The van der Waals surface area contributed by atoms with Crippen molar-refractivity contribution in [2.75, 3.05) is 18.5 Å². The van der Waals surface area contributed by atoms with E-state index in [1.165, 1.54) is 6.07 Å². The molecule has 126 valence electrons. The molecule has 0 unspecified atom stereocenters. The number of carbonyl (C=O) groups excluding carboxylic acids is 1. The molecule has 0 aliphatic heterocycles. The highest BCUT2D eigenvalue weighted by Gasteiger charge is 2.32. The number of nitrogens with one attached hydrogen (secondary N) is 1. The number of aliphatic hydroxyl groups is 1. The number of hydrogen-bond donors (Lipinski definition) is 2. The van der Waals surface area contributed by atoms with Crippen LogP contribution >= 0.6 is 0 Å². The van der Waals surface area contributed by atoms with E-state index >= 15 is 0 Å². The summed E-state index contributed by atoms with van der Waals surface area (Å²) in [5, 5.41) is 22.7. The fourth-order valence-electron chi connectivity index (χ4n) is 2.54. The van der Waals surface area contributed by atoms with Crippen molar-refractivity contribution in [2.45, 2.75) is 45.1 Å². The maximum atomic E-state index is 12.4. The van der Waals surface area contributed by atoms with Crippen LogP contribution in [0.3, 0.4) is 0 Å². The summed E-state index contributed by atoms with van der Waals surface area (Å²) in [4.78, 5) is 24.8. The Labute approximate surface area is 135 Å². The summed E-state index contributed by atoms with van der Waals surface area (Å²) >= 11 is 0.